The zero-order valence-electron chi connectivity index (χ0n) is 17.8. The molecule has 170 valence electrons. The zero-order chi connectivity index (χ0) is 23.4. The number of aromatic nitrogens is 3. The Kier molecular flexibility index (Phi) is 6.74. The van der Waals surface area contributed by atoms with E-state index in [0.29, 0.717) is 40.3 Å². The van der Waals surface area contributed by atoms with Crippen LogP contribution in [0.4, 0.5) is 10.1 Å². The third-order valence-electron chi connectivity index (χ3n) is 4.84. The van der Waals surface area contributed by atoms with Gasteiger partial charge in [0, 0.05) is 12.1 Å². The normalized spacial score (nSPS) is 13.5. The molecule has 0 saturated heterocycles. The zero-order valence-corrected chi connectivity index (χ0v) is 18.6. The lowest BCUT2D eigenvalue weighted by molar-refractivity contribution is -0.118. The van der Waals surface area contributed by atoms with Crippen molar-refractivity contribution in [2.45, 2.75) is 30.5 Å². The standard InChI is InChI=1S/C23H21FN4O4S/c1-3-10-28-20(12-31-17-7-5-16(24)6-8-17)26-27-23(28)33-14(2)22(30)15-4-9-19-18(11-15)25-21(29)13-32-19/h3-9,11,14H,1,10,12-13H2,2H3,(H,25,29)/t14-/m0/s1. The molecule has 33 heavy (non-hydrogen) atoms. The van der Waals surface area contributed by atoms with Crippen LogP contribution in [-0.4, -0.2) is 38.3 Å². The largest absolute Gasteiger partial charge is 0.486 e. The second kappa shape index (κ2) is 9.86. The highest BCUT2D eigenvalue weighted by Gasteiger charge is 2.23. The molecule has 0 bridgehead atoms. The summed E-state index contributed by atoms with van der Waals surface area (Å²) in [5, 5.41) is 11.2. The highest BCUT2D eigenvalue weighted by Crippen LogP contribution is 2.31. The quantitative estimate of drug-likeness (QED) is 0.289. The number of halogens is 1. The van der Waals surface area contributed by atoms with Crippen molar-refractivity contribution in [3.05, 3.63) is 72.3 Å². The first kappa shape index (κ1) is 22.5. The summed E-state index contributed by atoms with van der Waals surface area (Å²) in [6.07, 6.45) is 1.70. The number of nitrogens with one attached hydrogen (secondary N) is 1. The Labute approximate surface area is 193 Å². The molecule has 1 amide bonds. The van der Waals surface area contributed by atoms with Gasteiger partial charge in [0.05, 0.1) is 10.9 Å². The van der Waals surface area contributed by atoms with Crippen molar-refractivity contribution in [2.24, 2.45) is 0 Å². The van der Waals surface area contributed by atoms with Crippen molar-refractivity contribution in [3.8, 4) is 11.5 Å². The van der Waals surface area contributed by atoms with Gasteiger partial charge in [-0.2, -0.15) is 0 Å². The van der Waals surface area contributed by atoms with Crippen LogP contribution in [0.5, 0.6) is 11.5 Å². The lowest BCUT2D eigenvalue weighted by Crippen LogP contribution is -2.25. The molecule has 0 fully saturated rings. The highest BCUT2D eigenvalue weighted by atomic mass is 32.2. The van der Waals surface area contributed by atoms with Crippen LogP contribution in [0.15, 0.2) is 60.3 Å². The Morgan fingerprint density at radius 2 is 2.12 bits per heavy atom. The lowest BCUT2D eigenvalue weighted by atomic mass is 10.1. The summed E-state index contributed by atoms with van der Waals surface area (Å²) in [6, 6.07) is 10.7. The van der Waals surface area contributed by atoms with Crippen LogP contribution in [0, 0.1) is 5.82 Å². The summed E-state index contributed by atoms with van der Waals surface area (Å²) in [5.41, 5.74) is 0.929. The molecule has 1 atom stereocenters. The minimum Gasteiger partial charge on any atom is -0.486 e. The number of thioether (sulfide) groups is 1. The second-order valence-electron chi connectivity index (χ2n) is 7.21. The fourth-order valence-corrected chi connectivity index (χ4v) is 4.14. The van der Waals surface area contributed by atoms with Crippen LogP contribution in [0.3, 0.4) is 0 Å². The maximum atomic E-state index is 13.1. The highest BCUT2D eigenvalue weighted by molar-refractivity contribution is 8.00. The van der Waals surface area contributed by atoms with Gasteiger partial charge in [0.25, 0.3) is 5.91 Å². The van der Waals surface area contributed by atoms with E-state index in [1.807, 2.05) is 4.57 Å². The summed E-state index contributed by atoms with van der Waals surface area (Å²) in [4.78, 5) is 24.6. The minimum atomic E-state index is -0.470. The summed E-state index contributed by atoms with van der Waals surface area (Å²) in [7, 11) is 0. The molecule has 0 unspecified atom stereocenters. The Hall–Kier alpha value is -3.66. The molecule has 1 aromatic heterocycles. The third kappa shape index (κ3) is 5.23. The molecule has 0 saturated carbocycles. The van der Waals surface area contributed by atoms with E-state index < -0.39 is 5.25 Å². The number of nitrogens with zero attached hydrogens (tertiary/aromatic N) is 3. The number of hydrogen-bond donors (Lipinski definition) is 1. The molecule has 1 N–H and O–H groups in total. The van der Waals surface area contributed by atoms with Crippen LogP contribution in [0.2, 0.25) is 0 Å². The molecule has 2 aromatic carbocycles. The second-order valence-corrected chi connectivity index (χ2v) is 8.52. The predicted octanol–water partition coefficient (Wildman–Crippen LogP) is 3.88. The maximum absolute atomic E-state index is 13.1. The van der Waals surface area contributed by atoms with Crippen LogP contribution < -0.4 is 14.8 Å². The molecule has 0 radical (unpaired) electrons. The van der Waals surface area contributed by atoms with E-state index in [0.717, 1.165) is 0 Å². The monoisotopic (exact) mass is 468 g/mol. The first-order chi connectivity index (χ1) is 15.9. The number of hydrogen-bond acceptors (Lipinski definition) is 7. The Morgan fingerprint density at radius 1 is 1.33 bits per heavy atom. The fraction of sp³-hybridized carbons (Fsp3) is 0.217. The predicted molar refractivity (Wildman–Crippen MR) is 121 cm³/mol. The minimum absolute atomic E-state index is 0.0429. The van der Waals surface area contributed by atoms with E-state index in [9.17, 15) is 14.0 Å². The fourth-order valence-electron chi connectivity index (χ4n) is 3.19. The van der Waals surface area contributed by atoms with Gasteiger partial charge in [-0.25, -0.2) is 4.39 Å². The van der Waals surface area contributed by atoms with E-state index in [1.165, 1.54) is 36.0 Å². The number of carbonyl (C=O) groups excluding carboxylic acids is 2. The van der Waals surface area contributed by atoms with Crippen LogP contribution >= 0.6 is 11.8 Å². The smallest absolute Gasteiger partial charge is 0.262 e. The maximum Gasteiger partial charge on any atom is 0.262 e. The van der Waals surface area contributed by atoms with Crippen LogP contribution in [0.25, 0.3) is 0 Å². The number of benzene rings is 2. The topological polar surface area (TPSA) is 95.3 Å². The molecule has 10 heteroatoms. The summed E-state index contributed by atoms with van der Waals surface area (Å²) < 4.78 is 25.9. The third-order valence-corrected chi connectivity index (χ3v) is 5.92. The van der Waals surface area contributed by atoms with Crippen LogP contribution in [0.1, 0.15) is 23.1 Å². The first-order valence-electron chi connectivity index (χ1n) is 10.1. The number of ether oxygens (including phenoxy) is 2. The number of amides is 1. The van der Waals surface area contributed by atoms with Gasteiger partial charge in [-0.3, -0.25) is 14.2 Å². The number of fused-ring (bicyclic) bond motifs is 1. The van der Waals surface area contributed by atoms with Gasteiger partial charge in [0.2, 0.25) is 0 Å². The summed E-state index contributed by atoms with van der Waals surface area (Å²) in [5.74, 6) is 0.856. The van der Waals surface area contributed by atoms with Crippen molar-refractivity contribution < 1.29 is 23.5 Å². The SMILES string of the molecule is C=CCn1c(COc2ccc(F)cc2)nnc1S[C@@H](C)C(=O)c1ccc2c(c1)NC(=O)CO2. The number of ketones is 1. The van der Waals surface area contributed by atoms with Crippen molar-refractivity contribution in [3.63, 3.8) is 0 Å². The van der Waals surface area contributed by atoms with E-state index in [4.69, 9.17) is 9.47 Å². The number of allylic oxidation sites excluding steroid dienone is 1. The van der Waals surface area contributed by atoms with E-state index in [1.54, 1.807) is 31.2 Å². The van der Waals surface area contributed by atoms with Gasteiger partial charge in [0.1, 0.15) is 23.9 Å². The Morgan fingerprint density at radius 3 is 2.88 bits per heavy atom. The van der Waals surface area contributed by atoms with Crippen molar-refractivity contribution in [2.75, 3.05) is 11.9 Å². The molecule has 2 heterocycles. The van der Waals surface area contributed by atoms with Gasteiger partial charge in [-0.1, -0.05) is 17.8 Å². The Balaban J connectivity index is 1.47. The molecule has 8 nitrogen and oxygen atoms in total. The molecule has 3 aromatic rings. The van der Waals surface area contributed by atoms with E-state index in [-0.39, 0.29) is 30.7 Å². The molecule has 4 rings (SSSR count). The number of carbonyl (C=O) groups is 2. The average molecular weight is 469 g/mol. The lowest BCUT2D eigenvalue weighted by Gasteiger charge is -2.19. The van der Waals surface area contributed by atoms with Gasteiger partial charge in [-0.05, 0) is 49.4 Å². The van der Waals surface area contributed by atoms with Crippen molar-refractivity contribution >= 4 is 29.1 Å². The van der Waals surface area contributed by atoms with Gasteiger partial charge in [-0.15, -0.1) is 16.8 Å². The van der Waals surface area contributed by atoms with Gasteiger partial charge < -0.3 is 14.8 Å². The number of anilines is 1. The molecule has 1 aliphatic heterocycles. The number of Topliss-reactive ketones (excluding diaryl/α,β-unsaturated/α-hetero) is 1. The average Bonchev–Trinajstić information content (AvgIpc) is 3.19. The van der Waals surface area contributed by atoms with E-state index >= 15 is 0 Å². The molecule has 0 aliphatic carbocycles. The molecule has 1 aliphatic rings. The number of rotatable bonds is 9. The van der Waals surface area contributed by atoms with E-state index in [2.05, 4.69) is 22.1 Å². The summed E-state index contributed by atoms with van der Waals surface area (Å²) >= 11 is 1.26. The van der Waals surface area contributed by atoms with Gasteiger partial charge >= 0.3 is 0 Å². The van der Waals surface area contributed by atoms with Crippen molar-refractivity contribution in [1.82, 2.24) is 14.8 Å². The first-order valence-corrected chi connectivity index (χ1v) is 11.0. The molecular weight excluding hydrogens is 447 g/mol. The van der Waals surface area contributed by atoms with Gasteiger partial charge in [0.15, 0.2) is 23.4 Å². The van der Waals surface area contributed by atoms with Crippen LogP contribution in [-0.2, 0) is 17.9 Å². The molecule has 0 spiro atoms. The Bertz CT molecular complexity index is 1200. The summed E-state index contributed by atoms with van der Waals surface area (Å²) in [6.45, 7) is 6.07. The van der Waals surface area contributed by atoms with Crippen molar-refractivity contribution in [1.29, 1.82) is 0 Å². The molecular formula is C23H21FN4O4S.